The lowest BCUT2D eigenvalue weighted by atomic mass is 9.82. The van der Waals surface area contributed by atoms with Crippen LogP contribution in [0, 0.1) is 0 Å². The third-order valence-electron chi connectivity index (χ3n) is 8.66. The molecule has 0 bridgehead atoms. The van der Waals surface area contributed by atoms with Crippen LogP contribution in [0.4, 0.5) is 39.5 Å². The van der Waals surface area contributed by atoms with E-state index >= 15 is 0 Å². The van der Waals surface area contributed by atoms with Gasteiger partial charge in [-0.25, -0.2) is 0 Å². The second kappa shape index (κ2) is 13.0. The van der Waals surface area contributed by atoms with Gasteiger partial charge in [0.15, 0.2) is 0 Å². The molecule has 6 nitrogen and oxygen atoms in total. The number of hydrogen-bond donors (Lipinski definition) is 1. The summed E-state index contributed by atoms with van der Waals surface area (Å²) in [5, 5.41) is 3.18. The van der Waals surface area contributed by atoms with Gasteiger partial charge in [-0.3, -0.25) is 14.7 Å². The van der Waals surface area contributed by atoms with Gasteiger partial charge in [-0.2, -0.15) is 39.5 Å². The number of alkyl halides is 9. The Morgan fingerprint density at radius 2 is 1.64 bits per heavy atom. The Hall–Kier alpha value is -3.85. The Morgan fingerprint density at radius 1 is 0.936 bits per heavy atom. The van der Waals surface area contributed by atoms with Gasteiger partial charge in [-0.15, -0.1) is 0 Å². The van der Waals surface area contributed by atoms with Crippen molar-refractivity contribution in [1.82, 2.24) is 20.1 Å². The van der Waals surface area contributed by atoms with Crippen LogP contribution in [0.15, 0.2) is 54.7 Å². The van der Waals surface area contributed by atoms with E-state index < -0.39 is 58.0 Å². The molecule has 1 N–H and O–H groups in total. The summed E-state index contributed by atoms with van der Waals surface area (Å²) in [6.45, 7) is 1.71. The highest BCUT2D eigenvalue weighted by Crippen LogP contribution is 2.40. The third-order valence-corrected chi connectivity index (χ3v) is 8.66. The average molecular weight is 675 g/mol. The van der Waals surface area contributed by atoms with E-state index in [-0.39, 0.29) is 38.5 Å². The van der Waals surface area contributed by atoms with Crippen molar-refractivity contribution < 1.29 is 49.0 Å². The number of benzene rings is 2. The molecule has 254 valence electrons. The van der Waals surface area contributed by atoms with Crippen molar-refractivity contribution in [2.24, 2.45) is 0 Å². The number of pyridine rings is 1. The number of halogens is 9. The van der Waals surface area contributed by atoms with Crippen molar-refractivity contribution in [2.45, 2.75) is 49.9 Å². The molecule has 2 aliphatic rings. The summed E-state index contributed by atoms with van der Waals surface area (Å²) in [7, 11) is 1.08. The van der Waals surface area contributed by atoms with Gasteiger partial charge in [0.2, 0.25) is 0 Å². The molecule has 5 rings (SSSR count). The summed E-state index contributed by atoms with van der Waals surface area (Å²) >= 11 is 0. The highest BCUT2D eigenvalue weighted by atomic mass is 19.4. The van der Waals surface area contributed by atoms with Crippen molar-refractivity contribution in [3.05, 3.63) is 93.8 Å². The number of aromatic nitrogens is 1. The van der Waals surface area contributed by atoms with Gasteiger partial charge in [0.25, 0.3) is 5.91 Å². The number of ether oxygens (including phenoxy) is 1. The molecule has 2 aromatic carbocycles. The van der Waals surface area contributed by atoms with Crippen LogP contribution >= 0.6 is 0 Å². The van der Waals surface area contributed by atoms with Gasteiger partial charge in [0.1, 0.15) is 5.75 Å². The fourth-order valence-electron chi connectivity index (χ4n) is 6.31. The first-order valence-corrected chi connectivity index (χ1v) is 14.7. The highest BCUT2D eigenvalue weighted by molar-refractivity contribution is 5.95. The average Bonchev–Trinajstić information content (AvgIpc) is 3.02. The molecule has 47 heavy (non-hydrogen) atoms. The molecule has 0 saturated carbocycles. The maximum atomic E-state index is 14.1. The smallest absolute Gasteiger partial charge is 0.419 e. The maximum Gasteiger partial charge on any atom is 0.419 e. The van der Waals surface area contributed by atoms with E-state index in [1.54, 1.807) is 12.3 Å². The van der Waals surface area contributed by atoms with Gasteiger partial charge in [0, 0.05) is 63.1 Å². The van der Waals surface area contributed by atoms with E-state index in [0.717, 1.165) is 24.4 Å². The van der Waals surface area contributed by atoms with Crippen LogP contribution in [-0.2, 0) is 37.9 Å². The molecular formula is C32H31F9N4O2. The fourth-order valence-corrected chi connectivity index (χ4v) is 6.31. The third kappa shape index (κ3) is 7.67. The normalized spacial score (nSPS) is 19.4. The molecular weight excluding hydrogens is 643 g/mol. The van der Waals surface area contributed by atoms with E-state index in [4.69, 9.17) is 4.74 Å². The largest absolute Gasteiger partial charge is 0.496 e. The minimum Gasteiger partial charge on any atom is -0.496 e. The summed E-state index contributed by atoms with van der Waals surface area (Å²) in [4.78, 5) is 21.8. The molecule has 1 fully saturated rings. The predicted octanol–water partition coefficient (Wildman–Crippen LogP) is 6.62. The van der Waals surface area contributed by atoms with Gasteiger partial charge in [-0.05, 0) is 60.4 Å². The Labute approximate surface area is 264 Å². The number of nitrogens with one attached hydrogen (secondary N) is 1. The lowest BCUT2D eigenvalue weighted by molar-refractivity contribution is -0.143. The summed E-state index contributed by atoms with van der Waals surface area (Å²) in [5.41, 5.74) is -4.02. The van der Waals surface area contributed by atoms with Crippen LogP contribution in [0.5, 0.6) is 5.75 Å². The number of fused-ring (bicyclic) bond motifs is 1. The molecule has 15 heteroatoms. The topological polar surface area (TPSA) is 57.7 Å². The summed E-state index contributed by atoms with van der Waals surface area (Å²) in [6, 6.07) is 7.77. The van der Waals surface area contributed by atoms with Gasteiger partial charge >= 0.3 is 18.5 Å². The van der Waals surface area contributed by atoms with Gasteiger partial charge in [0.05, 0.1) is 29.3 Å². The molecule has 0 unspecified atom stereocenters. The van der Waals surface area contributed by atoms with Crippen LogP contribution in [0.2, 0.25) is 0 Å². The molecule has 0 radical (unpaired) electrons. The van der Waals surface area contributed by atoms with E-state index in [9.17, 15) is 44.3 Å². The zero-order chi connectivity index (χ0) is 34.2. The minimum atomic E-state index is -5.16. The van der Waals surface area contributed by atoms with E-state index in [1.165, 1.54) is 17.0 Å². The number of amides is 1. The molecule has 1 amide bonds. The number of piperazine rings is 1. The lowest BCUT2D eigenvalue weighted by Crippen LogP contribution is -2.65. The quantitative estimate of drug-likeness (QED) is 0.286. The van der Waals surface area contributed by atoms with Crippen LogP contribution in [0.25, 0.3) is 0 Å². The Bertz CT molecular complexity index is 1570. The molecule has 0 spiro atoms. The number of carbonyl (C=O) groups is 1. The second-order valence-corrected chi connectivity index (χ2v) is 11.7. The van der Waals surface area contributed by atoms with Crippen LogP contribution in [0.1, 0.15) is 50.3 Å². The van der Waals surface area contributed by atoms with Crippen molar-refractivity contribution in [3.63, 3.8) is 0 Å². The van der Waals surface area contributed by atoms with Crippen molar-refractivity contribution in [2.75, 3.05) is 39.8 Å². The second-order valence-electron chi connectivity index (χ2n) is 11.7. The van der Waals surface area contributed by atoms with Crippen LogP contribution < -0.4 is 10.1 Å². The van der Waals surface area contributed by atoms with Crippen molar-refractivity contribution in [1.29, 1.82) is 0 Å². The zero-order valence-electron chi connectivity index (χ0n) is 25.1. The predicted molar refractivity (Wildman–Crippen MR) is 153 cm³/mol. The van der Waals surface area contributed by atoms with Crippen molar-refractivity contribution >= 4 is 5.91 Å². The van der Waals surface area contributed by atoms with Gasteiger partial charge in [-0.1, -0.05) is 12.1 Å². The molecule has 0 aliphatic carbocycles. The summed E-state index contributed by atoms with van der Waals surface area (Å²) in [5.74, 6) is -1.50. The fraction of sp³-hybridized carbons (Fsp3) is 0.438. The zero-order valence-corrected chi connectivity index (χ0v) is 25.1. The number of carbonyl (C=O) groups excluding carboxylic acids is 1. The molecule has 3 heterocycles. The van der Waals surface area contributed by atoms with E-state index in [1.807, 2.05) is 6.07 Å². The van der Waals surface area contributed by atoms with E-state index in [0.29, 0.717) is 43.8 Å². The maximum absolute atomic E-state index is 14.1. The first-order chi connectivity index (χ1) is 22.0. The molecule has 3 aromatic rings. The van der Waals surface area contributed by atoms with Crippen LogP contribution in [-0.4, -0.2) is 66.1 Å². The summed E-state index contributed by atoms with van der Waals surface area (Å²) < 4.78 is 128. The minimum absolute atomic E-state index is 0.0423. The highest BCUT2D eigenvalue weighted by Gasteiger charge is 2.44. The van der Waals surface area contributed by atoms with Crippen molar-refractivity contribution in [3.8, 4) is 5.75 Å². The Morgan fingerprint density at radius 3 is 2.28 bits per heavy atom. The Kier molecular flexibility index (Phi) is 9.52. The molecule has 2 aliphatic heterocycles. The number of hydrogen-bond acceptors (Lipinski definition) is 5. The standard InChI is InChI=1S/C32H31F9N4O2/c1-47-27-13-20(4-5-25(27)32(39,40)41)17-29(7-11-44-10-6-26-21(18-44)3-2-8-43-26)19-42-9-12-45(29)28(46)22-14-23(30(33,34)35)16-24(15-22)31(36,37)38/h2-5,8,13-16,42H,6-7,9-12,17-19H2,1H3/t29-/m0/s1. The molecule has 1 saturated heterocycles. The number of nitrogens with zero attached hydrogens (tertiary/aromatic N) is 3. The van der Waals surface area contributed by atoms with Crippen LogP contribution in [0.3, 0.4) is 0 Å². The first-order valence-electron chi connectivity index (χ1n) is 14.7. The number of methoxy groups -OCH3 is 1. The van der Waals surface area contributed by atoms with E-state index in [2.05, 4.69) is 15.2 Å². The first kappa shape index (κ1) is 34.5. The van der Waals surface area contributed by atoms with Gasteiger partial charge < -0.3 is 15.0 Å². The monoisotopic (exact) mass is 674 g/mol. The molecule has 1 aromatic heterocycles. The lowest BCUT2D eigenvalue weighted by Gasteiger charge is -2.49. The molecule has 1 atom stereocenters. The SMILES string of the molecule is COc1cc(C[C@@]2(CCN3CCc4ncccc4C3)CNCCN2C(=O)c2cc(C(F)(F)F)cc(C(F)(F)F)c2)ccc1C(F)(F)F. The number of rotatable bonds is 7. The summed E-state index contributed by atoms with van der Waals surface area (Å²) in [6.07, 6.45) is -12.6. The Balaban J connectivity index is 1.55.